The third-order valence-electron chi connectivity index (χ3n) is 5.59. The number of nitrogens with one attached hydrogen (secondary N) is 1. The van der Waals surface area contributed by atoms with Crippen molar-refractivity contribution in [2.24, 2.45) is 6.98 Å². The van der Waals surface area contributed by atoms with Crippen LogP contribution in [0.25, 0.3) is 10.7 Å². The van der Waals surface area contributed by atoms with E-state index >= 15 is 0 Å². The predicted molar refractivity (Wildman–Crippen MR) is 124 cm³/mol. The summed E-state index contributed by atoms with van der Waals surface area (Å²) in [5.74, 6) is -0.183. The predicted octanol–water partition coefficient (Wildman–Crippen LogP) is 4.42. The molecular weight excluding hydrogens is 441 g/mol. The van der Waals surface area contributed by atoms with E-state index < -0.39 is 12.5 Å². The molecule has 1 aliphatic heterocycles. The number of anilines is 2. The highest BCUT2D eigenvalue weighted by atomic mass is 32.1. The number of fused-ring (bicyclic) bond motifs is 1. The SMILES string of the molecule is [2H]C([2H])([2H])n1nccc1Nc1ncc(C)c(-c2nc3c(s2)C(C)(C)N(Cc2cccc(F)c2)C3=O)n1. The summed E-state index contributed by atoms with van der Waals surface area (Å²) in [6.45, 7) is 3.52. The molecule has 1 aliphatic rings. The number of hydrogen-bond acceptors (Lipinski definition) is 7. The Labute approximate surface area is 198 Å². The van der Waals surface area contributed by atoms with Crippen molar-refractivity contribution in [3.63, 3.8) is 0 Å². The molecule has 4 heterocycles. The maximum absolute atomic E-state index is 13.7. The maximum atomic E-state index is 13.7. The minimum absolute atomic E-state index is 0.176. The van der Waals surface area contributed by atoms with Gasteiger partial charge in [-0.25, -0.2) is 19.3 Å². The Hall–Kier alpha value is -3.66. The Morgan fingerprint density at radius 2 is 2.09 bits per heavy atom. The van der Waals surface area contributed by atoms with E-state index in [1.807, 2.05) is 20.8 Å². The van der Waals surface area contributed by atoms with Gasteiger partial charge in [-0.2, -0.15) is 5.10 Å². The number of aryl methyl sites for hydroxylation is 2. The first-order chi connectivity index (χ1) is 16.9. The highest BCUT2D eigenvalue weighted by molar-refractivity contribution is 7.15. The molecule has 0 fully saturated rings. The topological polar surface area (TPSA) is 88.8 Å². The standard InChI is InChI=1S/C23H22FN7OS/c1-13-11-25-22(27-16-8-9-26-30(16)4)29-17(13)20-28-18-19(33-20)23(2,3)31(21(18)32)12-14-6-5-7-15(24)10-14/h5-11H,12H2,1-4H3,(H,25,27,29)/i4D3. The van der Waals surface area contributed by atoms with Crippen molar-refractivity contribution in [3.8, 4) is 10.7 Å². The molecule has 1 aromatic carbocycles. The van der Waals surface area contributed by atoms with Gasteiger partial charge >= 0.3 is 0 Å². The fourth-order valence-corrected chi connectivity index (χ4v) is 5.03. The first kappa shape index (κ1) is 17.8. The van der Waals surface area contributed by atoms with Crippen LogP contribution in [0, 0.1) is 12.7 Å². The number of aromatic nitrogens is 5. The van der Waals surface area contributed by atoms with Gasteiger partial charge in [0.2, 0.25) is 5.95 Å². The van der Waals surface area contributed by atoms with E-state index in [0.717, 1.165) is 15.1 Å². The largest absolute Gasteiger partial charge is 0.323 e. The van der Waals surface area contributed by atoms with Gasteiger partial charge in [-0.1, -0.05) is 12.1 Å². The number of carbonyl (C=O) groups excluding carboxylic acids is 1. The van der Waals surface area contributed by atoms with Gasteiger partial charge in [0.05, 0.1) is 16.6 Å². The second-order valence-electron chi connectivity index (χ2n) is 8.26. The van der Waals surface area contributed by atoms with Crippen molar-refractivity contribution in [3.05, 3.63) is 70.2 Å². The summed E-state index contributed by atoms with van der Waals surface area (Å²) in [5.41, 5.74) is 1.68. The number of thiazole rings is 1. The number of hydrogen-bond donors (Lipinski definition) is 1. The van der Waals surface area contributed by atoms with Crippen molar-refractivity contribution >= 4 is 29.0 Å². The lowest BCUT2D eigenvalue weighted by Crippen LogP contribution is -2.38. The quantitative estimate of drug-likeness (QED) is 0.469. The highest BCUT2D eigenvalue weighted by Gasteiger charge is 2.46. The fourth-order valence-electron chi connectivity index (χ4n) is 3.80. The van der Waals surface area contributed by atoms with Crippen LogP contribution in [0.4, 0.5) is 16.2 Å². The van der Waals surface area contributed by atoms with Gasteiger partial charge in [0, 0.05) is 29.9 Å². The van der Waals surface area contributed by atoms with E-state index in [2.05, 4.69) is 25.4 Å². The summed E-state index contributed by atoms with van der Waals surface area (Å²) in [6.07, 6.45) is 2.98. The van der Waals surface area contributed by atoms with Crippen LogP contribution in [0.3, 0.4) is 0 Å². The van der Waals surface area contributed by atoms with Crippen molar-refractivity contribution in [1.82, 2.24) is 29.6 Å². The molecule has 0 saturated carbocycles. The number of benzene rings is 1. The molecule has 8 nitrogen and oxygen atoms in total. The number of halogens is 1. The summed E-state index contributed by atoms with van der Waals surface area (Å²) in [6, 6.07) is 7.72. The van der Waals surface area contributed by atoms with Crippen LogP contribution < -0.4 is 5.32 Å². The zero-order valence-electron chi connectivity index (χ0n) is 21.1. The molecule has 33 heavy (non-hydrogen) atoms. The fraction of sp³-hybridized carbons (Fsp3) is 0.261. The average Bonchev–Trinajstić information content (AvgIpc) is 3.49. The summed E-state index contributed by atoms with van der Waals surface area (Å²) < 4.78 is 37.4. The Kier molecular flexibility index (Phi) is 4.18. The van der Waals surface area contributed by atoms with Crippen LogP contribution in [0.15, 0.2) is 42.7 Å². The van der Waals surface area contributed by atoms with Crippen LogP contribution in [0.1, 0.15) is 44.5 Å². The Morgan fingerprint density at radius 3 is 2.85 bits per heavy atom. The lowest BCUT2D eigenvalue weighted by atomic mass is 10.0. The van der Waals surface area contributed by atoms with Crippen LogP contribution in [-0.2, 0) is 19.1 Å². The van der Waals surface area contributed by atoms with Crippen molar-refractivity contribution in [1.29, 1.82) is 0 Å². The monoisotopic (exact) mass is 466 g/mol. The van der Waals surface area contributed by atoms with E-state index in [4.69, 9.17) is 4.11 Å². The van der Waals surface area contributed by atoms with Gasteiger partial charge in [0.25, 0.3) is 5.91 Å². The molecule has 4 aromatic rings. The first-order valence-corrected chi connectivity index (χ1v) is 11.0. The van der Waals surface area contributed by atoms with Gasteiger partial charge in [-0.3, -0.25) is 9.48 Å². The minimum atomic E-state index is -2.46. The summed E-state index contributed by atoms with van der Waals surface area (Å²) >= 11 is 1.37. The normalized spacial score (nSPS) is 16.3. The molecule has 168 valence electrons. The number of carbonyl (C=O) groups is 1. The average molecular weight is 467 g/mol. The smallest absolute Gasteiger partial charge is 0.274 e. The molecular formula is C23H22FN7OS. The second kappa shape index (κ2) is 7.73. The number of nitrogens with zero attached hydrogens (tertiary/aromatic N) is 6. The van der Waals surface area contributed by atoms with Gasteiger partial charge in [-0.05, 0) is 44.0 Å². The molecule has 0 radical (unpaired) electrons. The summed E-state index contributed by atoms with van der Waals surface area (Å²) in [4.78, 5) is 29.2. The molecule has 0 spiro atoms. The highest BCUT2D eigenvalue weighted by Crippen LogP contribution is 2.45. The minimum Gasteiger partial charge on any atom is -0.323 e. The number of amides is 1. The molecule has 10 heteroatoms. The van der Waals surface area contributed by atoms with Crippen LogP contribution in [0.2, 0.25) is 0 Å². The van der Waals surface area contributed by atoms with Gasteiger partial charge < -0.3 is 10.2 Å². The molecule has 1 N–H and O–H groups in total. The molecule has 0 aliphatic carbocycles. The van der Waals surface area contributed by atoms with Gasteiger partial charge in [0.15, 0.2) is 0 Å². The molecule has 0 atom stereocenters. The first-order valence-electron chi connectivity index (χ1n) is 11.7. The zero-order chi connectivity index (χ0) is 25.8. The molecule has 1 amide bonds. The van der Waals surface area contributed by atoms with E-state index in [9.17, 15) is 9.18 Å². The zero-order valence-corrected chi connectivity index (χ0v) is 18.9. The van der Waals surface area contributed by atoms with Crippen molar-refractivity contribution in [2.75, 3.05) is 5.32 Å². The Balaban J connectivity index is 1.45. The third-order valence-corrected chi connectivity index (χ3v) is 6.97. The van der Waals surface area contributed by atoms with E-state index in [0.29, 0.717) is 22.0 Å². The lowest BCUT2D eigenvalue weighted by molar-refractivity contribution is 0.0595. The molecule has 0 unspecified atom stereocenters. The lowest BCUT2D eigenvalue weighted by Gasteiger charge is -2.32. The number of rotatable bonds is 5. The van der Waals surface area contributed by atoms with Crippen LogP contribution in [-0.4, -0.2) is 35.5 Å². The van der Waals surface area contributed by atoms with E-state index in [1.54, 1.807) is 23.2 Å². The van der Waals surface area contributed by atoms with Gasteiger partial charge in [0.1, 0.15) is 28.0 Å². The molecule has 5 rings (SSSR count). The van der Waals surface area contributed by atoms with E-state index in [-0.39, 0.29) is 30.0 Å². The Bertz CT molecular complexity index is 1480. The van der Waals surface area contributed by atoms with Crippen LogP contribution in [0.5, 0.6) is 0 Å². The van der Waals surface area contributed by atoms with E-state index in [1.165, 1.54) is 35.7 Å². The molecule has 0 saturated heterocycles. The van der Waals surface area contributed by atoms with Crippen LogP contribution >= 0.6 is 11.3 Å². The maximum Gasteiger partial charge on any atom is 0.274 e. The summed E-state index contributed by atoms with van der Waals surface area (Å²) in [5, 5.41) is 7.30. The summed E-state index contributed by atoms with van der Waals surface area (Å²) in [7, 11) is 0. The third kappa shape index (κ3) is 3.66. The van der Waals surface area contributed by atoms with Crippen molar-refractivity contribution < 1.29 is 13.3 Å². The Morgan fingerprint density at radius 1 is 1.24 bits per heavy atom. The molecule has 3 aromatic heterocycles. The second-order valence-corrected chi connectivity index (χ2v) is 9.25. The van der Waals surface area contributed by atoms with Crippen molar-refractivity contribution in [2.45, 2.75) is 32.9 Å². The van der Waals surface area contributed by atoms with Gasteiger partial charge in [-0.15, -0.1) is 11.3 Å². The molecule has 0 bridgehead atoms.